The van der Waals surface area contributed by atoms with E-state index in [0.717, 1.165) is 77.1 Å². The lowest BCUT2D eigenvalue weighted by molar-refractivity contribution is -0.138. The number of aryl methyl sites for hydroxylation is 1. The summed E-state index contributed by atoms with van der Waals surface area (Å²) in [6.07, 6.45) is 5.94. The Morgan fingerprint density at radius 2 is 1.59 bits per heavy atom. The second-order valence-electron chi connectivity index (χ2n) is 8.55. The summed E-state index contributed by atoms with van der Waals surface area (Å²) in [5.74, 6) is 0.352. The summed E-state index contributed by atoms with van der Waals surface area (Å²) in [5, 5.41) is -0.0930. The van der Waals surface area contributed by atoms with Crippen molar-refractivity contribution >= 4 is 28.8 Å². The van der Waals surface area contributed by atoms with Crippen molar-refractivity contribution in [3.63, 3.8) is 0 Å². The van der Waals surface area contributed by atoms with Gasteiger partial charge in [0.1, 0.15) is 11.5 Å². The molecule has 0 amide bonds. The molecular formula is C32H32O6S. The first kappa shape index (κ1) is 29.5. The molecule has 7 heteroatoms. The first-order valence-corrected chi connectivity index (χ1v) is 13.6. The van der Waals surface area contributed by atoms with Gasteiger partial charge >= 0.3 is 11.9 Å². The average Bonchev–Trinajstić information content (AvgIpc) is 2.95. The molecule has 0 fully saturated rings. The lowest BCUT2D eigenvalue weighted by Gasteiger charge is -2.12. The van der Waals surface area contributed by atoms with Gasteiger partial charge in [-0.15, -0.1) is 0 Å². The lowest BCUT2D eigenvalue weighted by Crippen LogP contribution is -2.03. The zero-order valence-electron chi connectivity index (χ0n) is 22.0. The van der Waals surface area contributed by atoms with E-state index in [-0.39, 0.29) is 11.1 Å². The maximum atomic E-state index is 12.8. The van der Waals surface area contributed by atoms with Crippen LogP contribution >= 0.6 is 11.8 Å². The Morgan fingerprint density at radius 1 is 0.872 bits per heavy atom. The monoisotopic (exact) mass is 544 g/mol. The van der Waals surface area contributed by atoms with Crippen LogP contribution in [0.15, 0.2) is 97.1 Å². The molecule has 0 aromatic heterocycles. The van der Waals surface area contributed by atoms with Crippen LogP contribution in [0.25, 0.3) is 11.1 Å². The molecule has 0 N–H and O–H groups in total. The summed E-state index contributed by atoms with van der Waals surface area (Å²) in [6, 6.07) is 20.5. The van der Waals surface area contributed by atoms with E-state index in [1.807, 2.05) is 42.5 Å². The number of ether oxygens (including phenoxy) is 3. The highest BCUT2D eigenvalue weighted by Gasteiger charge is 2.12. The second-order valence-corrected chi connectivity index (χ2v) is 9.60. The van der Waals surface area contributed by atoms with Gasteiger partial charge < -0.3 is 14.2 Å². The summed E-state index contributed by atoms with van der Waals surface area (Å²) in [4.78, 5) is 36.3. The SMILES string of the molecule is C=COC(=O)CCCCCOc1ccc(-c2ccc(SC(=O)c3ccc(OC(=O)C=C)cc3)cc2CC)cc1. The van der Waals surface area contributed by atoms with E-state index >= 15 is 0 Å². The smallest absolute Gasteiger partial charge is 0.335 e. The highest BCUT2D eigenvalue weighted by molar-refractivity contribution is 8.14. The number of thioether (sulfide) groups is 1. The Labute approximate surface area is 233 Å². The largest absolute Gasteiger partial charge is 0.494 e. The van der Waals surface area contributed by atoms with E-state index < -0.39 is 5.97 Å². The number of carbonyl (C=O) groups is 3. The molecule has 0 heterocycles. The van der Waals surface area contributed by atoms with Crippen LogP contribution in [-0.4, -0.2) is 23.7 Å². The van der Waals surface area contributed by atoms with Crippen molar-refractivity contribution in [3.05, 3.63) is 103 Å². The van der Waals surface area contributed by atoms with Gasteiger partial charge in [-0.05, 0) is 103 Å². The van der Waals surface area contributed by atoms with Gasteiger partial charge in [-0.2, -0.15) is 0 Å². The molecular weight excluding hydrogens is 512 g/mol. The van der Waals surface area contributed by atoms with E-state index in [9.17, 15) is 14.4 Å². The summed E-state index contributed by atoms with van der Waals surface area (Å²) in [7, 11) is 0. The first-order valence-electron chi connectivity index (χ1n) is 12.8. The van der Waals surface area contributed by atoms with E-state index in [4.69, 9.17) is 14.2 Å². The van der Waals surface area contributed by atoms with Crippen molar-refractivity contribution in [2.45, 2.75) is 43.9 Å². The van der Waals surface area contributed by atoms with Crippen LogP contribution in [0, 0.1) is 0 Å². The minimum atomic E-state index is -0.547. The molecule has 0 aliphatic carbocycles. The lowest BCUT2D eigenvalue weighted by atomic mass is 9.98. The Kier molecular flexibility index (Phi) is 11.6. The van der Waals surface area contributed by atoms with E-state index in [2.05, 4.69) is 20.1 Å². The van der Waals surface area contributed by atoms with Crippen LogP contribution in [0.5, 0.6) is 11.5 Å². The summed E-state index contributed by atoms with van der Waals surface area (Å²) >= 11 is 1.16. The van der Waals surface area contributed by atoms with Crippen LogP contribution in [0.4, 0.5) is 0 Å². The fourth-order valence-electron chi connectivity index (χ4n) is 3.81. The summed E-state index contributed by atoms with van der Waals surface area (Å²) < 4.78 is 15.6. The number of hydrogen-bond donors (Lipinski definition) is 0. The second kappa shape index (κ2) is 15.3. The first-order chi connectivity index (χ1) is 18.9. The topological polar surface area (TPSA) is 78.9 Å². The predicted molar refractivity (Wildman–Crippen MR) is 154 cm³/mol. The highest BCUT2D eigenvalue weighted by atomic mass is 32.2. The van der Waals surface area contributed by atoms with Crippen molar-refractivity contribution in [1.29, 1.82) is 0 Å². The van der Waals surface area contributed by atoms with Crippen LogP contribution in [0.1, 0.15) is 48.5 Å². The minimum Gasteiger partial charge on any atom is -0.494 e. The molecule has 3 aromatic rings. The highest BCUT2D eigenvalue weighted by Crippen LogP contribution is 2.32. The quantitative estimate of drug-likeness (QED) is 0.0517. The molecule has 3 rings (SSSR count). The molecule has 202 valence electrons. The Morgan fingerprint density at radius 3 is 2.26 bits per heavy atom. The van der Waals surface area contributed by atoms with E-state index in [0.29, 0.717) is 24.3 Å². The third kappa shape index (κ3) is 9.30. The zero-order chi connectivity index (χ0) is 28.0. The van der Waals surface area contributed by atoms with Gasteiger partial charge in [-0.3, -0.25) is 9.59 Å². The van der Waals surface area contributed by atoms with E-state index in [1.54, 1.807) is 24.3 Å². The van der Waals surface area contributed by atoms with Crippen LogP contribution in [0.3, 0.4) is 0 Å². The maximum absolute atomic E-state index is 12.8. The van der Waals surface area contributed by atoms with Gasteiger partial charge in [0.2, 0.25) is 5.12 Å². The van der Waals surface area contributed by atoms with Gasteiger partial charge in [0.25, 0.3) is 0 Å². The van der Waals surface area contributed by atoms with Gasteiger partial charge in [-0.25, -0.2) is 4.79 Å². The number of esters is 2. The molecule has 0 aliphatic rings. The molecule has 0 aliphatic heterocycles. The van der Waals surface area contributed by atoms with Crippen molar-refractivity contribution in [2.24, 2.45) is 0 Å². The summed E-state index contributed by atoms with van der Waals surface area (Å²) in [5.41, 5.74) is 3.85. The molecule has 0 spiro atoms. The van der Waals surface area contributed by atoms with Crippen molar-refractivity contribution in [1.82, 2.24) is 0 Å². The average molecular weight is 545 g/mol. The predicted octanol–water partition coefficient (Wildman–Crippen LogP) is 7.57. The Balaban J connectivity index is 1.54. The molecule has 0 radical (unpaired) electrons. The molecule has 6 nitrogen and oxygen atoms in total. The Hall–Kier alpha value is -4.10. The minimum absolute atomic E-state index is 0.0930. The van der Waals surface area contributed by atoms with Crippen molar-refractivity contribution in [3.8, 4) is 22.6 Å². The molecule has 39 heavy (non-hydrogen) atoms. The molecule has 0 unspecified atom stereocenters. The summed E-state index contributed by atoms with van der Waals surface area (Å²) in [6.45, 7) is 9.41. The third-order valence-corrected chi connectivity index (χ3v) is 6.73. The van der Waals surface area contributed by atoms with Gasteiger partial charge in [0.15, 0.2) is 0 Å². The molecule has 0 saturated carbocycles. The molecule has 0 bridgehead atoms. The fourth-order valence-corrected chi connectivity index (χ4v) is 4.62. The fraction of sp³-hybridized carbons (Fsp3) is 0.219. The molecule has 3 aromatic carbocycles. The van der Waals surface area contributed by atoms with Gasteiger partial charge in [0, 0.05) is 23.0 Å². The molecule has 0 saturated heterocycles. The number of hydrogen-bond acceptors (Lipinski definition) is 7. The van der Waals surface area contributed by atoms with Crippen LogP contribution in [-0.2, 0) is 20.7 Å². The van der Waals surface area contributed by atoms with Gasteiger partial charge in [0.05, 0.1) is 12.9 Å². The third-order valence-electron chi connectivity index (χ3n) is 5.82. The maximum Gasteiger partial charge on any atom is 0.335 e. The van der Waals surface area contributed by atoms with Crippen molar-refractivity contribution in [2.75, 3.05) is 6.61 Å². The standard InChI is InChI=1S/C32H32O6S/c1-4-23-22-28(39-32(35)25-13-17-27(18-14-25)38-30(33)5-2)19-20-29(23)24-11-15-26(16-12-24)37-21-9-7-8-10-31(34)36-6-3/h5-6,11-20,22H,2-4,7-10,21H2,1H3. The van der Waals surface area contributed by atoms with Crippen LogP contribution < -0.4 is 9.47 Å². The molecule has 0 atom stereocenters. The Bertz CT molecular complexity index is 1300. The normalized spacial score (nSPS) is 10.4. The van der Waals surface area contributed by atoms with E-state index in [1.165, 1.54) is 0 Å². The number of benzene rings is 3. The number of unbranched alkanes of at least 4 members (excludes halogenated alkanes) is 2. The number of rotatable bonds is 14. The van der Waals surface area contributed by atoms with Gasteiger partial charge in [-0.1, -0.05) is 38.3 Å². The number of carbonyl (C=O) groups excluding carboxylic acids is 3. The van der Waals surface area contributed by atoms with Crippen LogP contribution in [0.2, 0.25) is 0 Å². The van der Waals surface area contributed by atoms with Crippen molar-refractivity contribution < 1.29 is 28.6 Å². The zero-order valence-corrected chi connectivity index (χ0v) is 22.8.